The van der Waals surface area contributed by atoms with Gasteiger partial charge in [0.15, 0.2) is 0 Å². The van der Waals surface area contributed by atoms with E-state index in [-0.39, 0.29) is 11.8 Å². The van der Waals surface area contributed by atoms with E-state index >= 15 is 0 Å². The first-order valence-corrected chi connectivity index (χ1v) is 9.96. The fraction of sp³-hybridized carbons (Fsp3) is 0.500. The summed E-state index contributed by atoms with van der Waals surface area (Å²) in [4.78, 5) is 0. The smallest absolute Gasteiger partial charge is 0.297 e. The maximum atomic E-state index is 12.7. The van der Waals surface area contributed by atoms with Gasteiger partial charge in [0, 0.05) is 6.04 Å². The summed E-state index contributed by atoms with van der Waals surface area (Å²) in [6, 6.07) is 9.02. The van der Waals surface area contributed by atoms with Crippen LogP contribution in [-0.2, 0) is 18.5 Å². The van der Waals surface area contributed by atoms with E-state index in [1.165, 1.54) is 11.6 Å². The minimum absolute atomic E-state index is 0.192. The van der Waals surface area contributed by atoms with E-state index in [0.29, 0.717) is 0 Å². The molecule has 0 bridgehead atoms. The number of benzene rings is 1. The molecule has 1 aliphatic rings. The summed E-state index contributed by atoms with van der Waals surface area (Å²) in [5.74, 6) is -0.192. The molecule has 2 rings (SSSR count). The van der Waals surface area contributed by atoms with Gasteiger partial charge in [-0.25, -0.2) is 13.1 Å². The molecule has 1 heterocycles. The molecule has 0 aliphatic carbocycles. The van der Waals surface area contributed by atoms with Crippen molar-refractivity contribution < 1.29 is 17.5 Å². The molecule has 1 fully saturated rings. The molecular formula is C12H18NO4PS. The molecule has 19 heavy (non-hydrogen) atoms. The van der Waals surface area contributed by atoms with Gasteiger partial charge in [-0.3, -0.25) is 9.09 Å². The number of likely N-dealkylation sites (N-methyl/N-ethyl adjacent to an activating group) is 1. The summed E-state index contributed by atoms with van der Waals surface area (Å²) >= 11 is 0. The van der Waals surface area contributed by atoms with Crippen molar-refractivity contribution in [1.82, 2.24) is 4.67 Å². The zero-order valence-corrected chi connectivity index (χ0v) is 12.9. The molecule has 5 nitrogen and oxygen atoms in total. The molecule has 0 radical (unpaired) electrons. The summed E-state index contributed by atoms with van der Waals surface area (Å²) in [5.41, 5.74) is 0.839. The third-order valence-electron chi connectivity index (χ3n) is 3.51. The average molecular weight is 303 g/mol. The lowest BCUT2D eigenvalue weighted by molar-refractivity contribution is 0.213. The molecule has 0 aromatic heterocycles. The quantitative estimate of drug-likeness (QED) is 0.803. The van der Waals surface area contributed by atoms with E-state index in [4.69, 9.17) is 4.52 Å². The van der Waals surface area contributed by atoms with Crippen molar-refractivity contribution in [3.05, 3.63) is 35.9 Å². The predicted molar refractivity (Wildman–Crippen MR) is 74.6 cm³/mol. The van der Waals surface area contributed by atoms with Crippen molar-refractivity contribution in [1.29, 1.82) is 0 Å². The Balaban J connectivity index is 2.43. The van der Waals surface area contributed by atoms with Gasteiger partial charge in [0.1, 0.15) is 6.10 Å². The van der Waals surface area contributed by atoms with Gasteiger partial charge in [-0.15, -0.1) is 0 Å². The van der Waals surface area contributed by atoms with E-state index in [1.54, 1.807) is 7.05 Å². The third kappa shape index (κ3) is 2.27. The van der Waals surface area contributed by atoms with Crippen molar-refractivity contribution in [3.63, 3.8) is 0 Å². The van der Waals surface area contributed by atoms with Gasteiger partial charge in [-0.05, 0) is 19.5 Å². The number of hydrogen-bond donors (Lipinski definition) is 0. The van der Waals surface area contributed by atoms with Crippen LogP contribution >= 0.6 is 6.72 Å². The van der Waals surface area contributed by atoms with E-state index in [9.17, 15) is 13.0 Å². The van der Waals surface area contributed by atoms with Crippen LogP contribution in [0.4, 0.5) is 0 Å². The zero-order valence-electron chi connectivity index (χ0n) is 11.2. The summed E-state index contributed by atoms with van der Waals surface area (Å²) < 4.78 is 43.6. The second-order valence-electron chi connectivity index (χ2n) is 4.59. The second-order valence-corrected chi connectivity index (χ2v) is 11.2. The van der Waals surface area contributed by atoms with Gasteiger partial charge in [0.2, 0.25) is 9.46 Å². The Labute approximate surface area is 113 Å². The average Bonchev–Trinajstić information content (AvgIpc) is 2.66. The second kappa shape index (κ2) is 5.02. The van der Waals surface area contributed by atoms with Crippen LogP contribution < -0.4 is 0 Å². The van der Waals surface area contributed by atoms with Crippen molar-refractivity contribution >= 4 is 16.2 Å². The van der Waals surface area contributed by atoms with Crippen LogP contribution in [0.1, 0.15) is 25.5 Å². The molecule has 1 aromatic carbocycles. The molecule has 0 spiro atoms. The van der Waals surface area contributed by atoms with Crippen LogP contribution in [-0.4, -0.2) is 31.9 Å². The fourth-order valence-corrected chi connectivity index (χ4v) is 7.56. The Morgan fingerprint density at radius 1 is 1.32 bits per heavy atom. The van der Waals surface area contributed by atoms with E-state index in [0.717, 1.165) is 5.56 Å². The Morgan fingerprint density at radius 2 is 1.89 bits per heavy atom. The van der Waals surface area contributed by atoms with Crippen LogP contribution in [0.15, 0.2) is 30.3 Å². The lowest BCUT2D eigenvalue weighted by atomic mass is 10.0. The fourth-order valence-electron chi connectivity index (χ4n) is 2.13. The summed E-state index contributed by atoms with van der Waals surface area (Å²) in [7, 11) is -2.22. The molecule has 7 heteroatoms. The lowest BCUT2D eigenvalue weighted by Crippen LogP contribution is -2.25. The van der Waals surface area contributed by atoms with E-state index in [2.05, 4.69) is 0 Å². The van der Waals surface area contributed by atoms with Crippen LogP contribution in [0.3, 0.4) is 0 Å². The van der Waals surface area contributed by atoms with Crippen molar-refractivity contribution in [2.75, 3.05) is 12.8 Å². The first-order chi connectivity index (χ1) is 8.83. The molecule has 3 atom stereocenters. The molecule has 1 saturated heterocycles. The molecule has 106 valence electrons. The Hall–Kier alpha value is -0.680. The highest BCUT2D eigenvalue weighted by Crippen LogP contribution is 2.66. The van der Waals surface area contributed by atoms with Crippen molar-refractivity contribution in [3.8, 4) is 0 Å². The maximum Gasteiger partial charge on any atom is 0.385 e. The molecule has 0 N–H and O–H groups in total. The van der Waals surface area contributed by atoms with Gasteiger partial charge in [0.25, 0.3) is 0 Å². The van der Waals surface area contributed by atoms with Crippen LogP contribution in [0, 0.1) is 0 Å². The van der Waals surface area contributed by atoms with E-state index < -0.39 is 22.3 Å². The molecule has 1 aromatic rings. The van der Waals surface area contributed by atoms with Gasteiger partial charge in [-0.1, -0.05) is 37.3 Å². The minimum atomic E-state index is -3.84. The molecule has 0 saturated carbocycles. The SMILES string of the molecule is CCS(=O)(=O)P1(=O)O[C@H](c2ccccc2)[C@H](C)N1C. The Morgan fingerprint density at radius 3 is 2.42 bits per heavy atom. The predicted octanol–water partition coefficient (Wildman–Crippen LogP) is 2.62. The number of rotatable bonds is 3. The standard InChI is InChI=1S/C12H18NO4PS/c1-4-19(15,16)18(14)13(3)10(2)12(17-18)11-8-6-5-7-9-11/h5-10,12H,4H2,1-3H3/t10-,12-,18?/m0/s1. The Kier molecular flexibility index (Phi) is 3.89. The third-order valence-corrected chi connectivity index (χ3v) is 10.5. The van der Waals surface area contributed by atoms with Gasteiger partial charge in [-0.2, -0.15) is 0 Å². The van der Waals surface area contributed by atoms with Gasteiger partial charge < -0.3 is 0 Å². The number of hydrogen-bond acceptors (Lipinski definition) is 4. The lowest BCUT2D eigenvalue weighted by Gasteiger charge is -2.19. The summed E-state index contributed by atoms with van der Waals surface area (Å²) in [6.07, 6.45) is -0.488. The van der Waals surface area contributed by atoms with E-state index in [1.807, 2.05) is 37.3 Å². The summed E-state index contributed by atoms with van der Waals surface area (Å²) in [6.45, 7) is -0.535. The normalized spacial score (nSPS) is 32.6. The molecular weight excluding hydrogens is 285 g/mol. The molecule has 1 aliphatic heterocycles. The van der Waals surface area contributed by atoms with Crippen LogP contribution in [0.5, 0.6) is 0 Å². The highest BCUT2D eigenvalue weighted by atomic mass is 32.8. The highest BCUT2D eigenvalue weighted by Gasteiger charge is 2.54. The highest BCUT2D eigenvalue weighted by molar-refractivity contribution is 8.50. The zero-order chi connectivity index (χ0) is 14.3. The minimum Gasteiger partial charge on any atom is -0.297 e. The first kappa shape index (κ1) is 14.7. The first-order valence-electron chi connectivity index (χ1n) is 6.13. The van der Waals surface area contributed by atoms with Crippen molar-refractivity contribution in [2.45, 2.75) is 26.0 Å². The van der Waals surface area contributed by atoms with Gasteiger partial charge in [0.05, 0.1) is 5.75 Å². The van der Waals surface area contributed by atoms with Gasteiger partial charge >= 0.3 is 6.72 Å². The van der Waals surface area contributed by atoms with Crippen LogP contribution in [0.2, 0.25) is 0 Å². The van der Waals surface area contributed by atoms with Crippen molar-refractivity contribution in [2.24, 2.45) is 0 Å². The topological polar surface area (TPSA) is 63.7 Å². The summed E-state index contributed by atoms with van der Waals surface area (Å²) in [5, 5.41) is 0. The maximum absolute atomic E-state index is 12.7. The van der Waals surface area contributed by atoms with Crippen LogP contribution in [0.25, 0.3) is 0 Å². The molecule has 1 unspecified atom stereocenters. The largest absolute Gasteiger partial charge is 0.385 e. The number of nitrogens with zero attached hydrogens (tertiary/aromatic N) is 1. The molecule has 0 amide bonds. The Bertz CT molecular complexity index is 601. The monoisotopic (exact) mass is 303 g/mol.